The van der Waals surface area contributed by atoms with Gasteiger partial charge < -0.3 is 5.32 Å². The van der Waals surface area contributed by atoms with Gasteiger partial charge in [0.2, 0.25) is 0 Å². The van der Waals surface area contributed by atoms with Gasteiger partial charge >= 0.3 is 6.18 Å². The Balaban J connectivity index is 1.84. The first-order valence-corrected chi connectivity index (χ1v) is 7.72. The lowest BCUT2D eigenvalue weighted by atomic mass is 10.2. The molecule has 0 spiro atoms. The summed E-state index contributed by atoms with van der Waals surface area (Å²) in [4.78, 5) is 16.2. The second kappa shape index (κ2) is 6.62. The van der Waals surface area contributed by atoms with E-state index in [0.717, 1.165) is 17.8 Å². The Morgan fingerprint density at radius 2 is 1.88 bits per heavy atom. The molecule has 0 bridgehead atoms. The van der Waals surface area contributed by atoms with E-state index >= 15 is 0 Å². The maximum absolute atomic E-state index is 12.6. The smallest absolute Gasteiger partial charge is 0.322 e. The largest absolute Gasteiger partial charge is 0.417 e. The van der Waals surface area contributed by atoms with E-state index in [1.54, 1.807) is 13.0 Å². The van der Waals surface area contributed by atoms with Crippen LogP contribution in [0.4, 0.5) is 18.9 Å². The molecule has 0 aliphatic heterocycles. The molecule has 5 nitrogen and oxygen atoms in total. The number of aromatic nitrogens is 3. The van der Waals surface area contributed by atoms with Crippen LogP contribution in [0.15, 0.2) is 48.8 Å². The number of anilines is 1. The van der Waals surface area contributed by atoms with Gasteiger partial charge in [-0.25, -0.2) is 9.67 Å². The summed E-state index contributed by atoms with van der Waals surface area (Å²) < 4.78 is 39.2. The highest BCUT2D eigenvalue weighted by Gasteiger charge is 2.30. The number of nitrogens with zero attached hydrogens (tertiary/aromatic N) is 3. The van der Waals surface area contributed by atoms with Gasteiger partial charge in [-0.15, -0.1) is 0 Å². The van der Waals surface area contributed by atoms with Gasteiger partial charge in [0.25, 0.3) is 5.91 Å². The first-order valence-electron chi connectivity index (χ1n) is 7.72. The molecule has 1 aromatic carbocycles. The molecule has 26 heavy (non-hydrogen) atoms. The fraction of sp³-hybridized carbons (Fsp3) is 0.167. The quantitative estimate of drug-likeness (QED) is 0.763. The minimum Gasteiger partial charge on any atom is -0.322 e. The summed E-state index contributed by atoms with van der Waals surface area (Å²) in [6.45, 7) is 3.56. The Labute approximate surface area is 147 Å². The van der Waals surface area contributed by atoms with Crippen LogP contribution >= 0.6 is 0 Å². The molecule has 134 valence electrons. The molecule has 0 saturated heterocycles. The van der Waals surface area contributed by atoms with E-state index in [9.17, 15) is 18.0 Å². The van der Waals surface area contributed by atoms with Crippen LogP contribution in [0.25, 0.3) is 5.82 Å². The molecule has 0 aliphatic rings. The lowest BCUT2D eigenvalue weighted by Crippen LogP contribution is -2.13. The number of rotatable bonds is 3. The molecule has 0 aliphatic carbocycles. The minimum atomic E-state index is -4.45. The van der Waals surface area contributed by atoms with Crippen molar-refractivity contribution in [2.24, 2.45) is 0 Å². The van der Waals surface area contributed by atoms with Crippen LogP contribution in [0.5, 0.6) is 0 Å². The van der Waals surface area contributed by atoms with E-state index in [1.807, 2.05) is 25.1 Å². The standard InChI is InChI=1S/C18H15F3N4O/c1-11-4-3-5-14(8-11)24-17(26)15-10-23-25(12(15)2)16-7-6-13(9-22-16)18(19,20)21/h3-10H,1-2H3,(H,24,26). The Hall–Kier alpha value is -3.16. The van der Waals surface area contributed by atoms with Crippen LogP contribution < -0.4 is 5.32 Å². The second-order valence-electron chi connectivity index (χ2n) is 5.78. The minimum absolute atomic E-state index is 0.199. The molecule has 0 unspecified atom stereocenters. The predicted molar refractivity (Wildman–Crippen MR) is 90.2 cm³/mol. The summed E-state index contributed by atoms with van der Waals surface area (Å²) >= 11 is 0. The zero-order chi connectivity index (χ0) is 18.9. The monoisotopic (exact) mass is 360 g/mol. The number of halogens is 3. The summed E-state index contributed by atoms with van der Waals surface area (Å²) in [6, 6.07) is 9.47. The average Bonchev–Trinajstić information content (AvgIpc) is 2.96. The SMILES string of the molecule is Cc1cccc(NC(=O)c2cnn(-c3ccc(C(F)(F)F)cn3)c2C)c1. The highest BCUT2D eigenvalue weighted by molar-refractivity contribution is 6.05. The number of amides is 1. The first-order chi connectivity index (χ1) is 12.3. The molecule has 0 atom stereocenters. The summed E-state index contributed by atoms with van der Waals surface area (Å²) in [6.07, 6.45) is -2.35. The van der Waals surface area contributed by atoms with E-state index in [-0.39, 0.29) is 11.7 Å². The maximum atomic E-state index is 12.6. The van der Waals surface area contributed by atoms with Crippen molar-refractivity contribution in [3.8, 4) is 5.82 Å². The third-order valence-electron chi connectivity index (χ3n) is 3.82. The van der Waals surface area contributed by atoms with Crippen molar-refractivity contribution in [1.29, 1.82) is 0 Å². The fourth-order valence-corrected chi connectivity index (χ4v) is 2.46. The summed E-state index contributed by atoms with van der Waals surface area (Å²) in [5.74, 6) is -0.156. The topological polar surface area (TPSA) is 59.8 Å². The van der Waals surface area contributed by atoms with Gasteiger partial charge in [0.1, 0.15) is 0 Å². The zero-order valence-corrected chi connectivity index (χ0v) is 14.0. The van der Waals surface area contributed by atoms with E-state index in [2.05, 4.69) is 15.4 Å². The van der Waals surface area contributed by atoms with Gasteiger partial charge in [-0.2, -0.15) is 18.3 Å². The van der Waals surface area contributed by atoms with Crippen LogP contribution in [0, 0.1) is 13.8 Å². The lowest BCUT2D eigenvalue weighted by Gasteiger charge is -2.08. The average molecular weight is 360 g/mol. The van der Waals surface area contributed by atoms with Crippen LogP contribution in [0.1, 0.15) is 27.2 Å². The molecule has 1 amide bonds. The number of benzene rings is 1. The Bertz CT molecular complexity index is 946. The molecular formula is C18H15F3N4O. The second-order valence-corrected chi connectivity index (χ2v) is 5.78. The number of carbonyl (C=O) groups excluding carboxylic acids is 1. The van der Waals surface area contributed by atoms with Gasteiger partial charge in [-0.1, -0.05) is 12.1 Å². The lowest BCUT2D eigenvalue weighted by molar-refractivity contribution is -0.137. The molecule has 3 rings (SSSR count). The molecule has 8 heteroatoms. The Kier molecular flexibility index (Phi) is 4.50. The first kappa shape index (κ1) is 17.7. The normalized spacial score (nSPS) is 11.4. The third-order valence-corrected chi connectivity index (χ3v) is 3.82. The Morgan fingerprint density at radius 1 is 1.12 bits per heavy atom. The van der Waals surface area contributed by atoms with Gasteiger partial charge in [0, 0.05) is 11.9 Å². The van der Waals surface area contributed by atoms with Crippen LogP contribution in [0.3, 0.4) is 0 Å². The van der Waals surface area contributed by atoms with Crippen LogP contribution in [0.2, 0.25) is 0 Å². The molecule has 1 N–H and O–H groups in total. The molecule has 2 aromatic heterocycles. The number of nitrogens with one attached hydrogen (secondary N) is 1. The molecule has 3 aromatic rings. The van der Waals surface area contributed by atoms with Gasteiger partial charge in [-0.3, -0.25) is 4.79 Å². The molecule has 0 radical (unpaired) electrons. The maximum Gasteiger partial charge on any atom is 0.417 e. The van der Waals surface area contributed by atoms with Gasteiger partial charge in [0.05, 0.1) is 23.0 Å². The number of pyridine rings is 1. The predicted octanol–water partition coefficient (Wildman–Crippen LogP) is 4.16. The Morgan fingerprint density at radius 3 is 2.50 bits per heavy atom. The van der Waals surface area contributed by atoms with Gasteiger partial charge in [-0.05, 0) is 43.7 Å². The number of hydrogen-bond donors (Lipinski definition) is 1. The van der Waals surface area contributed by atoms with Crippen molar-refractivity contribution >= 4 is 11.6 Å². The van der Waals surface area contributed by atoms with Crippen molar-refractivity contribution in [3.05, 3.63) is 71.2 Å². The highest BCUT2D eigenvalue weighted by Crippen LogP contribution is 2.28. The molecule has 0 saturated carbocycles. The number of aryl methyl sites for hydroxylation is 1. The fourth-order valence-electron chi connectivity index (χ4n) is 2.46. The van der Waals surface area contributed by atoms with E-state index in [0.29, 0.717) is 16.9 Å². The summed E-state index contributed by atoms with van der Waals surface area (Å²) in [7, 11) is 0. The molecular weight excluding hydrogens is 345 g/mol. The van der Waals surface area contributed by atoms with Gasteiger partial charge in [0.15, 0.2) is 5.82 Å². The van der Waals surface area contributed by atoms with Crippen LogP contribution in [-0.4, -0.2) is 20.7 Å². The summed E-state index contributed by atoms with van der Waals surface area (Å²) in [5, 5.41) is 6.84. The van der Waals surface area contributed by atoms with Crippen molar-refractivity contribution in [1.82, 2.24) is 14.8 Å². The number of hydrogen-bond acceptors (Lipinski definition) is 3. The number of alkyl halides is 3. The van der Waals surface area contributed by atoms with Crippen molar-refractivity contribution in [3.63, 3.8) is 0 Å². The van der Waals surface area contributed by atoms with E-state index in [4.69, 9.17) is 0 Å². The van der Waals surface area contributed by atoms with Crippen molar-refractivity contribution < 1.29 is 18.0 Å². The third kappa shape index (κ3) is 3.58. The van der Waals surface area contributed by atoms with Crippen molar-refractivity contribution in [2.45, 2.75) is 20.0 Å². The van der Waals surface area contributed by atoms with E-state index in [1.165, 1.54) is 16.9 Å². The zero-order valence-electron chi connectivity index (χ0n) is 14.0. The summed E-state index contributed by atoms with van der Waals surface area (Å²) in [5.41, 5.74) is 1.60. The van der Waals surface area contributed by atoms with Crippen molar-refractivity contribution in [2.75, 3.05) is 5.32 Å². The van der Waals surface area contributed by atoms with Crippen LogP contribution in [-0.2, 0) is 6.18 Å². The molecule has 0 fully saturated rings. The highest BCUT2D eigenvalue weighted by atomic mass is 19.4. The van der Waals surface area contributed by atoms with E-state index < -0.39 is 11.7 Å². The molecule has 2 heterocycles. The number of carbonyl (C=O) groups is 1.